The molecule has 1 atom stereocenters. The largest absolute Gasteiger partial charge is 0.267 e. The maximum atomic E-state index is 3.22. The first-order valence-electron chi connectivity index (χ1n) is 2.57. The zero-order valence-corrected chi connectivity index (χ0v) is 6.79. The van der Waals surface area contributed by atoms with Crippen molar-refractivity contribution < 1.29 is 21.7 Å². The summed E-state index contributed by atoms with van der Waals surface area (Å²) < 4.78 is 0. The fourth-order valence-electron chi connectivity index (χ4n) is 0.744. The van der Waals surface area contributed by atoms with E-state index in [2.05, 4.69) is 32.1 Å². The molecule has 1 rings (SSSR count). The summed E-state index contributed by atoms with van der Waals surface area (Å²) in [7, 11) is 0. The molecular weight excluding hydrogens is 132 g/mol. The molecule has 42 valence electrons. The van der Waals surface area contributed by atoms with Crippen molar-refractivity contribution in [2.45, 2.75) is 13.8 Å². The second kappa shape index (κ2) is 3.27. The monoisotopic (exact) mass is 141 g/mol. The molecule has 0 N–H and O–H groups in total. The van der Waals surface area contributed by atoms with Crippen LogP contribution in [0.5, 0.6) is 0 Å². The van der Waals surface area contributed by atoms with E-state index in [9.17, 15) is 0 Å². The van der Waals surface area contributed by atoms with Gasteiger partial charge < -0.3 is 0 Å². The molecule has 0 amide bonds. The molecule has 0 bridgehead atoms. The minimum absolute atomic E-state index is 0. The summed E-state index contributed by atoms with van der Waals surface area (Å²) in [4.78, 5) is 0. The van der Waals surface area contributed by atoms with Crippen molar-refractivity contribution in [2.24, 2.45) is 5.92 Å². The molecule has 1 aliphatic rings. The molecule has 0 saturated heterocycles. The fourth-order valence-corrected chi connectivity index (χ4v) is 0.744. The maximum Gasteiger partial charge on any atom is 0 e. The van der Waals surface area contributed by atoms with Gasteiger partial charge in [-0.2, -0.15) is 6.08 Å². The summed E-state index contributed by atoms with van der Waals surface area (Å²) >= 11 is 0. The average molecular weight is 141 g/mol. The van der Waals surface area contributed by atoms with Crippen molar-refractivity contribution in [3.05, 3.63) is 23.8 Å². The van der Waals surface area contributed by atoms with E-state index in [4.69, 9.17) is 0 Å². The van der Waals surface area contributed by atoms with Gasteiger partial charge in [0.1, 0.15) is 0 Å². The number of rotatable bonds is 0. The molecular formula is C7H9Ti-. The van der Waals surface area contributed by atoms with E-state index in [-0.39, 0.29) is 21.7 Å². The molecule has 0 nitrogen and oxygen atoms in total. The van der Waals surface area contributed by atoms with Gasteiger partial charge in [-0.05, 0) is 0 Å². The Hall–Kier alpha value is 0.194. The standard InChI is InChI=1S/C7H9.Ti/c1-6-3-4-7(2)5-6;/h3-4,6H,1-2H3;/q-1;. The minimum Gasteiger partial charge on any atom is -0.267 e. The van der Waals surface area contributed by atoms with Gasteiger partial charge in [-0.15, -0.1) is 0 Å². The average Bonchev–Trinajstić information content (AvgIpc) is 1.87. The summed E-state index contributed by atoms with van der Waals surface area (Å²) in [5.74, 6) is 0.556. The van der Waals surface area contributed by atoms with Crippen molar-refractivity contribution in [2.75, 3.05) is 0 Å². The number of hydrogen-bond acceptors (Lipinski definition) is 0. The molecule has 0 spiro atoms. The molecule has 1 unspecified atom stereocenters. The van der Waals surface area contributed by atoms with Crippen molar-refractivity contribution in [3.8, 4) is 0 Å². The molecule has 0 fully saturated rings. The van der Waals surface area contributed by atoms with Gasteiger partial charge in [0.25, 0.3) is 0 Å². The molecule has 0 radical (unpaired) electrons. The summed E-state index contributed by atoms with van der Waals surface area (Å²) in [5.41, 5.74) is 1.27. The van der Waals surface area contributed by atoms with Crippen molar-refractivity contribution in [3.63, 3.8) is 0 Å². The van der Waals surface area contributed by atoms with Gasteiger partial charge in [0.05, 0.1) is 0 Å². The minimum atomic E-state index is 0. The van der Waals surface area contributed by atoms with Gasteiger partial charge in [-0.3, -0.25) is 6.08 Å². The van der Waals surface area contributed by atoms with Gasteiger partial charge in [0.2, 0.25) is 0 Å². The second-order valence-electron chi connectivity index (χ2n) is 1.98. The van der Waals surface area contributed by atoms with Crippen LogP contribution in [0, 0.1) is 12.0 Å². The van der Waals surface area contributed by atoms with E-state index >= 15 is 0 Å². The van der Waals surface area contributed by atoms with Crippen LogP contribution in [0.3, 0.4) is 0 Å². The van der Waals surface area contributed by atoms with Crippen molar-refractivity contribution in [1.29, 1.82) is 0 Å². The molecule has 0 aliphatic heterocycles. The van der Waals surface area contributed by atoms with E-state index in [1.165, 1.54) is 5.57 Å². The summed E-state index contributed by atoms with van der Waals surface area (Å²) in [6.07, 6.45) is 7.47. The first-order valence-corrected chi connectivity index (χ1v) is 2.57. The zero-order chi connectivity index (χ0) is 5.28. The molecule has 0 heterocycles. The predicted molar refractivity (Wildman–Crippen MR) is 30.7 cm³/mol. The van der Waals surface area contributed by atoms with Crippen LogP contribution in [0.15, 0.2) is 17.7 Å². The summed E-state index contributed by atoms with van der Waals surface area (Å²) in [6.45, 7) is 4.20. The maximum absolute atomic E-state index is 3.22. The number of allylic oxidation sites excluding steroid dienone is 4. The topological polar surface area (TPSA) is 0 Å². The Labute approximate surface area is 65.6 Å². The van der Waals surface area contributed by atoms with Crippen LogP contribution in [0.2, 0.25) is 0 Å². The smallest absolute Gasteiger partial charge is 0 e. The molecule has 1 heteroatoms. The molecule has 0 aromatic heterocycles. The Morgan fingerprint density at radius 3 is 2.38 bits per heavy atom. The van der Waals surface area contributed by atoms with E-state index < -0.39 is 0 Å². The van der Waals surface area contributed by atoms with Gasteiger partial charge in [-0.25, -0.2) is 11.6 Å². The fraction of sp³-hybridized carbons (Fsp3) is 0.429. The van der Waals surface area contributed by atoms with Crippen LogP contribution in [0.25, 0.3) is 0 Å². The van der Waals surface area contributed by atoms with Gasteiger partial charge >= 0.3 is 0 Å². The Kier molecular flexibility index (Phi) is 3.34. The van der Waals surface area contributed by atoms with Crippen molar-refractivity contribution in [1.82, 2.24) is 0 Å². The Balaban J connectivity index is 0.000000490. The van der Waals surface area contributed by atoms with Crippen LogP contribution < -0.4 is 0 Å². The third-order valence-corrected chi connectivity index (χ3v) is 1.09. The van der Waals surface area contributed by atoms with Gasteiger partial charge in [0.15, 0.2) is 0 Å². The molecule has 0 saturated carbocycles. The van der Waals surface area contributed by atoms with Crippen LogP contribution >= 0.6 is 0 Å². The molecule has 8 heavy (non-hydrogen) atoms. The molecule has 0 aromatic carbocycles. The van der Waals surface area contributed by atoms with Crippen LogP contribution in [-0.4, -0.2) is 0 Å². The first kappa shape index (κ1) is 8.19. The van der Waals surface area contributed by atoms with Crippen LogP contribution in [0.1, 0.15) is 13.8 Å². The van der Waals surface area contributed by atoms with Crippen LogP contribution in [0.4, 0.5) is 0 Å². The Bertz CT molecular complexity index is 122. The third-order valence-electron chi connectivity index (χ3n) is 1.09. The normalized spacial score (nSPS) is 24.8. The number of hydrogen-bond donors (Lipinski definition) is 0. The Morgan fingerprint density at radius 1 is 1.62 bits per heavy atom. The second-order valence-corrected chi connectivity index (χ2v) is 1.98. The predicted octanol–water partition coefficient (Wildman–Crippen LogP) is 1.94. The van der Waals surface area contributed by atoms with Crippen molar-refractivity contribution >= 4 is 0 Å². The van der Waals surface area contributed by atoms with E-state index in [1.807, 2.05) is 0 Å². The van der Waals surface area contributed by atoms with Gasteiger partial charge in [-0.1, -0.05) is 19.8 Å². The van der Waals surface area contributed by atoms with E-state index in [0.29, 0.717) is 5.92 Å². The first-order chi connectivity index (χ1) is 3.29. The molecule has 1 aliphatic carbocycles. The van der Waals surface area contributed by atoms with E-state index in [1.54, 1.807) is 0 Å². The van der Waals surface area contributed by atoms with Gasteiger partial charge in [0, 0.05) is 21.7 Å². The van der Waals surface area contributed by atoms with E-state index in [0.717, 1.165) is 0 Å². The zero-order valence-electron chi connectivity index (χ0n) is 5.23. The van der Waals surface area contributed by atoms with Crippen LogP contribution in [-0.2, 0) is 21.7 Å². The SMILES string of the molecule is CC1=[C-]C(C)C=C1.[Ti]. The quantitative estimate of drug-likeness (QED) is 0.357. The Morgan fingerprint density at radius 2 is 2.25 bits per heavy atom. The summed E-state index contributed by atoms with van der Waals surface area (Å²) in [6, 6.07) is 0. The molecule has 0 aromatic rings. The third kappa shape index (κ3) is 1.98. The summed E-state index contributed by atoms with van der Waals surface area (Å²) in [5, 5.41) is 0.